The fraction of sp³-hybridized carbons (Fsp3) is 0.105. The van der Waals surface area contributed by atoms with Crippen molar-refractivity contribution in [2.75, 3.05) is 5.01 Å². The molecule has 1 aromatic heterocycles. The average molecular weight is 418 g/mol. The molecule has 1 aliphatic rings. The Labute approximate surface area is 158 Å². The molecule has 0 radical (unpaired) electrons. The molecule has 0 fully saturated rings. The van der Waals surface area contributed by atoms with Crippen LogP contribution in [0.2, 0.25) is 5.02 Å². The van der Waals surface area contributed by atoms with Crippen molar-refractivity contribution in [2.45, 2.75) is 12.5 Å². The summed E-state index contributed by atoms with van der Waals surface area (Å²) in [4.78, 5) is 1.23. The lowest BCUT2D eigenvalue weighted by Crippen LogP contribution is -2.18. The van der Waals surface area contributed by atoms with Gasteiger partial charge in [0.25, 0.3) is 0 Å². The summed E-state index contributed by atoms with van der Waals surface area (Å²) in [5.74, 6) is 0. The maximum Gasteiger partial charge on any atom is 0.0832 e. The highest BCUT2D eigenvalue weighted by Gasteiger charge is 2.30. The summed E-state index contributed by atoms with van der Waals surface area (Å²) in [5, 5.41) is 9.85. The van der Waals surface area contributed by atoms with Gasteiger partial charge in [0.1, 0.15) is 0 Å². The predicted molar refractivity (Wildman–Crippen MR) is 106 cm³/mol. The number of hydrogen-bond donors (Lipinski definition) is 0. The van der Waals surface area contributed by atoms with Gasteiger partial charge in [-0.1, -0.05) is 45.7 Å². The van der Waals surface area contributed by atoms with Crippen LogP contribution in [0.15, 0.2) is 75.6 Å². The molecule has 0 saturated heterocycles. The molecule has 0 aliphatic carbocycles. The first kappa shape index (κ1) is 15.9. The van der Waals surface area contributed by atoms with Crippen LogP contribution in [0.25, 0.3) is 0 Å². The van der Waals surface area contributed by atoms with E-state index in [9.17, 15) is 0 Å². The Bertz CT molecular complexity index is 857. The summed E-state index contributed by atoms with van der Waals surface area (Å²) in [6, 6.07) is 20.7. The highest BCUT2D eigenvalue weighted by molar-refractivity contribution is 9.10. The van der Waals surface area contributed by atoms with Crippen molar-refractivity contribution in [3.8, 4) is 0 Å². The molecular formula is C19H14BrClN2S. The zero-order valence-corrected chi connectivity index (χ0v) is 15.9. The first-order chi connectivity index (χ1) is 11.7. The third kappa shape index (κ3) is 3.14. The molecule has 5 heteroatoms. The molecule has 1 aliphatic heterocycles. The van der Waals surface area contributed by atoms with E-state index >= 15 is 0 Å². The fourth-order valence-electron chi connectivity index (χ4n) is 2.88. The normalized spacial score (nSPS) is 17.2. The fourth-order valence-corrected chi connectivity index (χ4v) is 3.99. The van der Waals surface area contributed by atoms with Gasteiger partial charge in [-0.15, -0.1) is 11.3 Å². The van der Waals surface area contributed by atoms with Gasteiger partial charge in [-0.05, 0) is 53.4 Å². The van der Waals surface area contributed by atoms with Gasteiger partial charge in [-0.3, -0.25) is 5.01 Å². The van der Waals surface area contributed by atoms with Gasteiger partial charge >= 0.3 is 0 Å². The van der Waals surface area contributed by atoms with Gasteiger partial charge in [-0.2, -0.15) is 5.10 Å². The SMILES string of the molecule is Clc1ccc(N2N=C(c3cccs3)C[C@@H]2c2ccc(Br)cc2)cc1. The smallest absolute Gasteiger partial charge is 0.0832 e. The number of anilines is 1. The Hall–Kier alpha value is -1.62. The zero-order chi connectivity index (χ0) is 16.5. The van der Waals surface area contributed by atoms with Crippen LogP contribution in [0.4, 0.5) is 5.69 Å². The Morgan fingerprint density at radius 2 is 1.79 bits per heavy atom. The number of rotatable bonds is 3. The topological polar surface area (TPSA) is 15.6 Å². The molecule has 2 heterocycles. The van der Waals surface area contributed by atoms with Gasteiger partial charge < -0.3 is 0 Å². The average Bonchev–Trinajstić information content (AvgIpc) is 3.26. The van der Waals surface area contributed by atoms with Gasteiger partial charge in [0, 0.05) is 15.9 Å². The molecule has 0 N–H and O–H groups in total. The Kier molecular flexibility index (Phi) is 4.44. The van der Waals surface area contributed by atoms with Crippen molar-refractivity contribution in [3.05, 3.63) is 86.0 Å². The highest BCUT2D eigenvalue weighted by atomic mass is 79.9. The summed E-state index contributed by atoms with van der Waals surface area (Å²) < 4.78 is 1.08. The van der Waals surface area contributed by atoms with E-state index in [4.69, 9.17) is 16.7 Å². The van der Waals surface area contributed by atoms with E-state index < -0.39 is 0 Å². The summed E-state index contributed by atoms with van der Waals surface area (Å²) >= 11 is 11.3. The molecular weight excluding hydrogens is 404 g/mol. The quantitative estimate of drug-likeness (QED) is 0.473. The summed E-state index contributed by atoms with van der Waals surface area (Å²) in [6.45, 7) is 0. The van der Waals surface area contributed by atoms with E-state index in [2.05, 4.69) is 62.7 Å². The number of halogens is 2. The van der Waals surface area contributed by atoms with Crippen molar-refractivity contribution in [3.63, 3.8) is 0 Å². The standard InChI is InChI=1S/C19H14BrClN2S/c20-14-5-3-13(4-6-14)18-12-17(19-2-1-11-24-19)22-23(18)16-9-7-15(21)8-10-16/h1-11,18H,12H2/t18-/m1/s1. The van der Waals surface area contributed by atoms with E-state index in [0.29, 0.717) is 0 Å². The molecule has 24 heavy (non-hydrogen) atoms. The molecule has 0 bridgehead atoms. The zero-order valence-electron chi connectivity index (χ0n) is 12.7. The first-order valence-corrected chi connectivity index (χ1v) is 9.67. The second-order valence-corrected chi connectivity index (χ2v) is 7.92. The number of benzene rings is 2. The van der Waals surface area contributed by atoms with Crippen LogP contribution in [-0.4, -0.2) is 5.71 Å². The molecule has 3 aromatic rings. The maximum absolute atomic E-state index is 6.04. The van der Waals surface area contributed by atoms with E-state index in [1.54, 1.807) is 11.3 Å². The minimum atomic E-state index is 0.191. The van der Waals surface area contributed by atoms with Crippen LogP contribution >= 0.6 is 38.9 Å². The van der Waals surface area contributed by atoms with Crippen LogP contribution in [0.3, 0.4) is 0 Å². The third-order valence-corrected chi connectivity index (χ3v) is 5.76. The van der Waals surface area contributed by atoms with E-state index in [-0.39, 0.29) is 6.04 Å². The van der Waals surface area contributed by atoms with Crippen LogP contribution in [-0.2, 0) is 0 Å². The third-order valence-electron chi connectivity index (χ3n) is 4.06. The number of nitrogens with zero attached hydrogens (tertiary/aromatic N) is 2. The van der Waals surface area contributed by atoms with Crippen LogP contribution in [0, 0.1) is 0 Å². The van der Waals surface area contributed by atoms with Crippen molar-refractivity contribution < 1.29 is 0 Å². The Morgan fingerprint density at radius 3 is 2.46 bits per heavy atom. The van der Waals surface area contributed by atoms with Crippen molar-refractivity contribution in [1.82, 2.24) is 0 Å². The van der Waals surface area contributed by atoms with Gasteiger partial charge in [0.05, 0.1) is 22.3 Å². The molecule has 1 atom stereocenters. The largest absolute Gasteiger partial charge is 0.257 e. The molecule has 0 spiro atoms. The molecule has 4 rings (SSSR count). The molecule has 2 nitrogen and oxygen atoms in total. The molecule has 0 saturated carbocycles. The van der Waals surface area contributed by atoms with Crippen molar-refractivity contribution in [2.24, 2.45) is 5.10 Å². The summed E-state index contributed by atoms with van der Waals surface area (Å²) in [6.07, 6.45) is 0.894. The maximum atomic E-state index is 6.04. The molecule has 0 amide bonds. The second kappa shape index (κ2) is 6.71. The Morgan fingerprint density at radius 1 is 1.04 bits per heavy atom. The van der Waals surface area contributed by atoms with Crippen LogP contribution in [0.5, 0.6) is 0 Å². The lowest BCUT2D eigenvalue weighted by molar-refractivity contribution is 0.709. The highest BCUT2D eigenvalue weighted by Crippen LogP contribution is 2.38. The van der Waals surface area contributed by atoms with E-state index in [1.165, 1.54) is 10.4 Å². The number of hydrazone groups is 1. The lowest BCUT2D eigenvalue weighted by Gasteiger charge is -2.24. The van der Waals surface area contributed by atoms with Crippen LogP contribution < -0.4 is 5.01 Å². The minimum absolute atomic E-state index is 0.191. The predicted octanol–water partition coefficient (Wildman–Crippen LogP) is 6.52. The van der Waals surface area contributed by atoms with Crippen molar-refractivity contribution in [1.29, 1.82) is 0 Å². The number of hydrogen-bond acceptors (Lipinski definition) is 3. The second-order valence-electron chi connectivity index (χ2n) is 5.62. The lowest BCUT2D eigenvalue weighted by atomic mass is 10.0. The molecule has 120 valence electrons. The van der Waals surface area contributed by atoms with E-state index in [0.717, 1.165) is 27.3 Å². The van der Waals surface area contributed by atoms with Crippen LogP contribution in [0.1, 0.15) is 22.9 Å². The first-order valence-electron chi connectivity index (χ1n) is 7.62. The minimum Gasteiger partial charge on any atom is -0.257 e. The summed E-state index contributed by atoms with van der Waals surface area (Å²) in [5.41, 5.74) is 3.44. The van der Waals surface area contributed by atoms with Gasteiger partial charge in [0.15, 0.2) is 0 Å². The monoisotopic (exact) mass is 416 g/mol. The van der Waals surface area contributed by atoms with Gasteiger partial charge in [0.2, 0.25) is 0 Å². The molecule has 0 unspecified atom stereocenters. The van der Waals surface area contributed by atoms with E-state index in [1.807, 2.05) is 24.3 Å². The van der Waals surface area contributed by atoms with Crippen molar-refractivity contribution >= 4 is 50.3 Å². The molecule has 2 aromatic carbocycles. The number of thiophene rings is 1. The summed E-state index contributed by atoms with van der Waals surface area (Å²) in [7, 11) is 0. The Balaban J connectivity index is 1.74. The van der Waals surface area contributed by atoms with Gasteiger partial charge in [-0.25, -0.2) is 0 Å².